The Kier molecular flexibility index (Phi) is 7.74. The first-order chi connectivity index (χ1) is 18.4. The minimum Gasteiger partial charge on any atom is -0.474 e. The molecule has 8 nitrogen and oxygen atoms in total. The zero-order chi connectivity index (χ0) is 26.8. The van der Waals surface area contributed by atoms with E-state index >= 15 is 0 Å². The Balaban J connectivity index is 1.59. The first-order valence-electron chi connectivity index (χ1n) is 12.0. The molecular weight excluding hydrogens is 551 g/mol. The Morgan fingerprint density at radius 1 is 1.13 bits per heavy atom. The van der Waals surface area contributed by atoms with E-state index in [0.717, 1.165) is 25.1 Å². The summed E-state index contributed by atoms with van der Waals surface area (Å²) >= 11 is 19.0. The van der Waals surface area contributed by atoms with Crippen molar-refractivity contribution in [1.82, 2.24) is 14.5 Å². The molecule has 0 bridgehead atoms. The molecule has 4 heterocycles. The number of esters is 1. The SMILES string of the molecule is CCOC(=O)c1cn(-c2ccc(Cl)nc2)c2cc(N3CCC[C@@H]3COc3ncccc3Cl)c(Cl)cc2c1=O. The second-order valence-electron chi connectivity index (χ2n) is 8.71. The van der Waals surface area contributed by atoms with Gasteiger partial charge in [-0.05, 0) is 56.2 Å². The Labute approximate surface area is 233 Å². The number of ether oxygens (including phenoxy) is 2. The number of carbonyl (C=O) groups is 1. The standard InChI is InChI=1S/C27H23Cl3N4O4/c1-2-37-27(36)19-14-34(16-7-8-24(30)32-13-16)22-12-23(21(29)11-18(22)25(19)35)33-10-4-5-17(33)15-38-26-20(28)6-3-9-31-26/h3,6-9,11-14,17H,2,4-5,10,15H2,1H3/t17-/m1/s1. The van der Waals surface area contributed by atoms with Crippen molar-refractivity contribution in [2.24, 2.45) is 0 Å². The highest BCUT2D eigenvalue weighted by atomic mass is 35.5. The molecule has 1 atom stereocenters. The summed E-state index contributed by atoms with van der Waals surface area (Å²) in [4.78, 5) is 36.5. The zero-order valence-electron chi connectivity index (χ0n) is 20.4. The van der Waals surface area contributed by atoms with E-state index < -0.39 is 11.4 Å². The van der Waals surface area contributed by atoms with Crippen LogP contribution in [0.3, 0.4) is 0 Å². The topological polar surface area (TPSA) is 86.6 Å². The molecule has 11 heteroatoms. The van der Waals surface area contributed by atoms with Crippen LogP contribution in [0.25, 0.3) is 16.6 Å². The van der Waals surface area contributed by atoms with Gasteiger partial charge in [-0.25, -0.2) is 14.8 Å². The summed E-state index contributed by atoms with van der Waals surface area (Å²) in [5.41, 5.74) is 1.36. The fraction of sp³-hybridized carbons (Fsp3) is 0.259. The number of nitrogens with zero attached hydrogens (tertiary/aromatic N) is 4. The highest BCUT2D eigenvalue weighted by molar-refractivity contribution is 6.34. The minimum atomic E-state index is -0.708. The molecule has 0 amide bonds. The van der Waals surface area contributed by atoms with Crippen LogP contribution in [-0.4, -0.2) is 46.3 Å². The number of benzene rings is 1. The molecule has 1 aromatic carbocycles. The fourth-order valence-electron chi connectivity index (χ4n) is 4.61. The van der Waals surface area contributed by atoms with Crippen molar-refractivity contribution in [2.75, 3.05) is 24.7 Å². The van der Waals surface area contributed by atoms with Crippen LogP contribution in [0.1, 0.15) is 30.1 Å². The first-order valence-corrected chi connectivity index (χ1v) is 13.2. The largest absolute Gasteiger partial charge is 0.474 e. The number of fused-ring (bicyclic) bond motifs is 1. The minimum absolute atomic E-state index is 0.0131. The smallest absolute Gasteiger partial charge is 0.343 e. The summed E-state index contributed by atoms with van der Waals surface area (Å²) in [6, 6.07) is 10.3. The molecule has 1 aliphatic rings. The van der Waals surface area contributed by atoms with Gasteiger partial charge in [0.05, 0.1) is 40.8 Å². The predicted octanol–water partition coefficient (Wildman–Crippen LogP) is 5.97. The summed E-state index contributed by atoms with van der Waals surface area (Å²) in [5.74, 6) is -0.332. The van der Waals surface area contributed by atoms with E-state index in [2.05, 4.69) is 14.9 Å². The van der Waals surface area contributed by atoms with Crippen LogP contribution in [-0.2, 0) is 4.74 Å². The van der Waals surface area contributed by atoms with E-state index in [4.69, 9.17) is 44.3 Å². The molecule has 3 aromatic heterocycles. The number of pyridine rings is 3. The molecule has 0 radical (unpaired) electrons. The number of hydrogen-bond acceptors (Lipinski definition) is 7. The van der Waals surface area contributed by atoms with Crippen molar-refractivity contribution in [3.63, 3.8) is 0 Å². The van der Waals surface area contributed by atoms with E-state index in [0.29, 0.717) is 38.9 Å². The van der Waals surface area contributed by atoms with Crippen molar-refractivity contribution in [2.45, 2.75) is 25.8 Å². The predicted molar refractivity (Wildman–Crippen MR) is 148 cm³/mol. The van der Waals surface area contributed by atoms with Gasteiger partial charge in [-0.1, -0.05) is 34.8 Å². The van der Waals surface area contributed by atoms with Gasteiger partial charge in [-0.15, -0.1) is 0 Å². The molecule has 196 valence electrons. The second-order valence-corrected chi connectivity index (χ2v) is 9.91. The van der Waals surface area contributed by atoms with Gasteiger partial charge in [0.1, 0.15) is 22.3 Å². The average molecular weight is 574 g/mol. The monoisotopic (exact) mass is 572 g/mol. The molecule has 0 saturated carbocycles. The van der Waals surface area contributed by atoms with E-state index in [1.807, 2.05) is 6.07 Å². The molecular formula is C27H23Cl3N4O4. The number of anilines is 1. The Hall–Kier alpha value is -3.33. The van der Waals surface area contributed by atoms with Crippen molar-refractivity contribution >= 4 is 57.4 Å². The van der Waals surface area contributed by atoms with E-state index in [1.165, 1.54) is 6.20 Å². The van der Waals surface area contributed by atoms with Gasteiger partial charge in [0, 0.05) is 24.3 Å². The number of aromatic nitrogens is 3. The molecule has 38 heavy (non-hydrogen) atoms. The van der Waals surface area contributed by atoms with Crippen molar-refractivity contribution in [3.05, 3.63) is 86.0 Å². The lowest BCUT2D eigenvalue weighted by Crippen LogP contribution is -2.34. The van der Waals surface area contributed by atoms with E-state index in [9.17, 15) is 9.59 Å². The van der Waals surface area contributed by atoms with Gasteiger partial charge < -0.3 is 18.9 Å². The normalized spacial score (nSPS) is 15.2. The van der Waals surface area contributed by atoms with Crippen molar-refractivity contribution in [1.29, 1.82) is 0 Å². The second kappa shape index (κ2) is 11.2. The fourth-order valence-corrected chi connectivity index (χ4v) is 5.17. The van der Waals surface area contributed by atoms with Crippen LogP contribution in [0.15, 0.2) is 59.8 Å². The Bertz CT molecular complexity index is 1560. The number of rotatable bonds is 7. The summed E-state index contributed by atoms with van der Waals surface area (Å²) in [6.45, 7) is 2.94. The van der Waals surface area contributed by atoms with E-state index in [1.54, 1.807) is 54.2 Å². The van der Waals surface area contributed by atoms with Gasteiger partial charge in [-0.2, -0.15) is 0 Å². The third kappa shape index (κ3) is 5.16. The highest BCUT2D eigenvalue weighted by Gasteiger charge is 2.29. The summed E-state index contributed by atoms with van der Waals surface area (Å²) < 4.78 is 12.8. The van der Waals surface area contributed by atoms with Gasteiger partial charge >= 0.3 is 5.97 Å². The lowest BCUT2D eigenvalue weighted by molar-refractivity contribution is 0.0524. The lowest BCUT2D eigenvalue weighted by atomic mass is 10.1. The molecule has 1 fully saturated rings. The molecule has 1 saturated heterocycles. The lowest BCUT2D eigenvalue weighted by Gasteiger charge is -2.28. The first kappa shape index (κ1) is 26.3. The maximum atomic E-state index is 13.4. The summed E-state index contributed by atoms with van der Waals surface area (Å²) in [7, 11) is 0. The van der Waals surface area contributed by atoms with Crippen LogP contribution >= 0.6 is 34.8 Å². The molecule has 5 rings (SSSR count). The van der Waals surface area contributed by atoms with Crippen LogP contribution in [0, 0.1) is 0 Å². The molecule has 1 aliphatic heterocycles. The zero-order valence-corrected chi connectivity index (χ0v) is 22.6. The van der Waals surface area contributed by atoms with Crippen molar-refractivity contribution < 1.29 is 14.3 Å². The maximum absolute atomic E-state index is 13.4. The molecule has 4 aromatic rings. The number of hydrogen-bond donors (Lipinski definition) is 0. The van der Waals surface area contributed by atoms with Gasteiger partial charge in [0.15, 0.2) is 0 Å². The summed E-state index contributed by atoms with van der Waals surface area (Å²) in [5, 5.41) is 1.44. The number of carbonyl (C=O) groups excluding carboxylic acids is 1. The Morgan fingerprint density at radius 3 is 2.71 bits per heavy atom. The van der Waals surface area contributed by atoms with Crippen LogP contribution in [0.5, 0.6) is 5.88 Å². The third-order valence-corrected chi connectivity index (χ3v) is 7.20. The van der Waals surface area contributed by atoms with Gasteiger partial charge in [0.25, 0.3) is 0 Å². The average Bonchev–Trinajstić information content (AvgIpc) is 3.37. The van der Waals surface area contributed by atoms with Crippen LogP contribution in [0.4, 0.5) is 5.69 Å². The van der Waals surface area contributed by atoms with Crippen LogP contribution < -0.4 is 15.1 Å². The van der Waals surface area contributed by atoms with E-state index in [-0.39, 0.29) is 23.6 Å². The molecule has 0 N–H and O–H groups in total. The van der Waals surface area contributed by atoms with Gasteiger partial charge in [-0.3, -0.25) is 4.79 Å². The summed E-state index contributed by atoms with van der Waals surface area (Å²) in [6.07, 6.45) is 6.49. The van der Waals surface area contributed by atoms with Gasteiger partial charge in [0.2, 0.25) is 11.3 Å². The quantitative estimate of drug-likeness (QED) is 0.199. The third-order valence-electron chi connectivity index (χ3n) is 6.38. The van der Waals surface area contributed by atoms with Crippen molar-refractivity contribution in [3.8, 4) is 11.6 Å². The molecule has 0 aliphatic carbocycles. The van der Waals surface area contributed by atoms with Crippen LogP contribution in [0.2, 0.25) is 15.2 Å². The highest BCUT2D eigenvalue weighted by Crippen LogP contribution is 2.36. The number of halogens is 3. The maximum Gasteiger partial charge on any atom is 0.343 e. The molecule has 0 unspecified atom stereocenters. The molecule has 0 spiro atoms. The Morgan fingerprint density at radius 2 is 1.97 bits per heavy atom.